The summed E-state index contributed by atoms with van der Waals surface area (Å²) >= 11 is 0. The van der Waals surface area contributed by atoms with Gasteiger partial charge in [-0.2, -0.15) is 33.9 Å². The van der Waals surface area contributed by atoms with Crippen LogP contribution in [0.15, 0.2) is 0 Å². The van der Waals surface area contributed by atoms with E-state index < -0.39 is 53.5 Å². The molecule has 3 aliphatic rings. The minimum Gasteiger partial charge on any atom is -0.386 e. The predicted molar refractivity (Wildman–Crippen MR) is 87.7 cm³/mol. The lowest BCUT2D eigenvalue weighted by molar-refractivity contribution is -0.129. The van der Waals surface area contributed by atoms with Gasteiger partial charge in [-0.15, -0.1) is 4.52 Å². The number of fused-ring (bicyclic) bond motifs is 1. The molecule has 1 amide bonds. The van der Waals surface area contributed by atoms with Gasteiger partial charge in [-0.05, 0) is 6.42 Å². The number of nitrogens with zero attached hydrogens (tertiary/aromatic N) is 1. The van der Waals surface area contributed by atoms with Gasteiger partial charge < -0.3 is 15.2 Å². The maximum Gasteiger partial charge on any atom is 0.567 e. The van der Waals surface area contributed by atoms with Gasteiger partial charge in [0.15, 0.2) is 6.10 Å². The number of nitrogens with one attached hydrogen (secondary N) is 2. The molecule has 27 heavy (non-hydrogen) atoms. The number of carbonyl (C=O) groups is 1. The van der Waals surface area contributed by atoms with Gasteiger partial charge in [-0.1, -0.05) is 0 Å². The van der Waals surface area contributed by atoms with Crippen molar-refractivity contribution in [3.63, 3.8) is 0 Å². The second kappa shape index (κ2) is 7.94. The molecule has 3 heterocycles. The summed E-state index contributed by atoms with van der Waals surface area (Å²) in [7, 11) is -9.39. The zero-order chi connectivity index (χ0) is 20.0. The molecule has 3 aliphatic heterocycles. The molecule has 3 rings (SSSR count). The fourth-order valence-electron chi connectivity index (χ4n) is 3.58. The average molecular weight is 435 g/mol. The highest BCUT2D eigenvalue weighted by Crippen LogP contribution is 2.51. The minimum atomic E-state index is -4.77. The van der Waals surface area contributed by atoms with E-state index in [1.165, 1.54) is 0 Å². The number of aliphatic hydroxyl groups is 1. The molecular weight excluding hydrogens is 412 g/mol. The molecule has 16 heteroatoms. The highest BCUT2D eigenvalue weighted by molar-refractivity contribution is 7.53. The van der Waals surface area contributed by atoms with Crippen molar-refractivity contribution in [2.75, 3.05) is 19.8 Å². The van der Waals surface area contributed by atoms with Crippen LogP contribution in [0.4, 0.5) is 0 Å². The largest absolute Gasteiger partial charge is 0.567 e. The first-order valence-electron chi connectivity index (χ1n) is 8.04. The summed E-state index contributed by atoms with van der Waals surface area (Å²) in [5.41, 5.74) is 0. The van der Waals surface area contributed by atoms with Crippen LogP contribution in [0.2, 0.25) is 0 Å². The molecule has 0 aromatic carbocycles. The summed E-state index contributed by atoms with van der Waals surface area (Å²) < 4.78 is 14.8. The summed E-state index contributed by atoms with van der Waals surface area (Å²) in [5, 5.41) is 16.3. The topological polar surface area (TPSA) is 214 Å². The van der Waals surface area contributed by atoms with E-state index in [1.807, 2.05) is 0 Å². The Labute approximate surface area is 154 Å². The van der Waals surface area contributed by atoms with Crippen molar-refractivity contribution < 1.29 is 53.0 Å². The van der Waals surface area contributed by atoms with Crippen LogP contribution in [-0.4, -0.2) is 102 Å². The number of piperidine rings is 1. The Kier molecular flexibility index (Phi) is 6.34. The second-order valence-corrected chi connectivity index (χ2v) is 8.97. The third kappa shape index (κ3) is 5.07. The number of carbonyl (C=O) groups excluding carboxylic acids is 1. The fourth-order valence-corrected chi connectivity index (χ4v) is 4.51. The summed E-state index contributed by atoms with van der Waals surface area (Å²) in [6.45, 7) is -0.0662. The number of amides is 1. The second-order valence-electron chi connectivity index (χ2n) is 6.45. The smallest absolute Gasteiger partial charge is 0.386 e. The Balaban J connectivity index is 1.75. The lowest BCUT2D eigenvalue weighted by atomic mass is 10.00. The fraction of sp³-hybridized carbons (Fsp3) is 0.909. The molecule has 3 saturated heterocycles. The Hall–Kier alpha value is -0.150. The Morgan fingerprint density at radius 2 is 1.89 bits per heavy atom. The van der Waals surface area contributed by atoms with E-state index in [2.05, 4.69) is 15.2 Å². The molecule has 156 valence electrons. The van der Waals surface area contributed by atoms with Crippen molar-refractivity contribution in [2.45, 2.75) is 43.0 Å². The molecule has 14 nitrogen and oxygen atoms in total. The minimum absolute atomic E-state index is 0.180. The maximum atomic E-state index is 11.9. The van der Waals surface area contributed by atoms with Crippen LogP contribution in [0.25, 0.3) is 0 Å². The molecule has 0 saturated carbocycles. The first-order valence-corrected chi connectivity index (χ1v) is 11.2. The Morgan fingerprint density at radius 1 is 1.19 bits per heavy atom. The van der Waals surface area contributed by atoms with E-state index in [1.54, 1.807) is 4.90 Å². The molecule has 0 radical (unpaired) electrons. The highest BCUT2D eigenvalue weighted by Gasteiger charge is 2.57. The van der Waals surface area contributed by atoms with Crippen LogP contribution in [0.3, 0.4) is 0 Å². The normalized spacial score (nSPS) is 38.1. The summed E-state index contributed by atoms with van der Waals surface area (Å²) in [6, 6.07) is -0.828. The van der Waals surface area contributed by atoms with Crippen LogP contribution in [0, 0.1) is 0 Å². The molecule has 0 aliphatic carbocycles. The van der Waals surface area contributed by atoms with Crippen molar-refractivity contribution in [1.82, 2.24) is 15.5 Å². The maximum absolute atomic E-state index is 11.9. The molecule has 0 bridgehead atoms. The lowest BCUT2D eigenvalue weighted by Gasteiger charge is -2.34. The number of rotatable bonds is 6. The Bertz CT molecular complexity index is 559. The van der Waals surface area contributed by atoms with Gasteiger partial charge in [0, 0.05) is 12.6 Å². The van der Waals surface area contributed by atoms with E-state index in [-0.39, 0.29) is 18.6 Å². The van der Waals surface area contributed by atoms with E-state index >= 15 is 0 Å². The van der Waals surface area contributed by atoms with E-state index in [4.69, 9.17) is 23.9 Å². The SMILES string of the molecule is O=C1NCCC2C1NCN2C1OC(CO[P+](O)(O)O)C(O[P+](O)(O)O)C1O. The quantitative estimate of drug-likeness (QED) is 0.182. The average Bonchev–Trinajstić information content (AvgIpc) is 3.07. The van der Waals surface area contributed by atoms with Crippen LogP contribution in [0.5, 0.6) is 0 Å². The van der Waals surface area contributed by atoms with Gasteiger partial charge in [-0.25, -0.2) is 0 Å². The third-order valence-corrected chi connectivity index (χ3v) is 5.66. The molecule has 0 aromatic heterocycles. The van der Waals surface area contributed by atoms with Crippen molar-refractivity contribution in [3.8, 4) is 0 Å². The number of aliphatic hydroxyl groups excluding tert-OH is 1. The van der Waals surface area contributed by atoms with Crippen LogP contribution in [0.1, 0.15) is 6.42 Å². The molecule has 6 atom stereocenters. The predicted octanol–water partition coefficient (Wildman–Crippen LogP) is -4.10. The third-order valence-electron chi connectivity index (χ3n) is 4.64. The zero-order valence-corrected chi connectivity index (χ0v) is 15.7. The number of hydrogen-bond acceptors (Lipinski definition) is 13. The highest BCUT2D eigenvalue weighted by atomic mass is 31.2. The van der Waals surface area contributed by atoms with E-state index in [0.717, 1.165) is 0 Å². The first-order chi connectivity index (χ1) is 12.5. The summed E-state index contributed by atoms with van der Waals surface area (Å²) in [6.07, 6.45) is -4.80. The van der Waals surface area contributed by atoms with Crippen LogP contribution in [-0.2, 0) is 18.6 Å². The standard InChI is InChI=1S/C11H22N3O11P2/c15-8-9(25-27(20,21)22)6(3-23-26(17,18)19)24-11(8)14-4-13-7-5(14)1-2-12-10(7)16/h5-9,11,13,15,17-22H,1-4H2/q+1/p+1. The van der Waals surface area contributed by atoms with Gasteiger partial charge in [0.2, 0.25) is 5.91 Å². The van der Waals surface area contributed by atoms with Gasteiger partial charge in [-0.3, -0.25) is 15.0 Å². The summed E-state index contributed by atoms with van der Waals surface area (Å²) in [5.74, 6) is -0.199. The van der Waals surface area contributed by atoms with Gasteiger partial charge >= 0.3 is 16.3 Å². The molecular formula is C11H23N3O11P2+2. The zero-order valence-electron chi connectivity index (χ0n) is 13.9. The van der Waals surface area contributed by atoms with Gasteiger partial charge in [0.05, 0.1) is 6.67 Å². The monoisotopic (exact) mass is 435 g/mol. The molecule has 6 unspecified atom stereocenters. The first kappa shape index (κ1) is 21.6. The van der Waals surface area contributed by atoms with Crippen molar-refractivity contribution in [1.29, 1.82) is 0 Å². The van der Waals surface area contributed by atoms with E-state index in [9.17, 15) is 24.6 Å². The molecule has 3 fully saturated rings. The van der Waals surface area contributed by atoms with Crippen molar-refractivity contribution >= 4 is 22.2 Å². The van der Waals surface area contributed by atoms with Gasteiger partial charge in [0.1, 0.15) is 31.1 Å². The number of hydrogen-bond donors (Lipinski definition) is 9. The molecule has 0 aromatic rings. The Morgan fingerprint density at radius 3 is 2.52 bits per heavy atom. The van der Waals surface area contributed by atoms with Crippen molar-refractivity contribution in [3.05, 3.63) is 0 Å². The van der Waals surface area contributed by atoms with Crippen molar-refractivity contribution in [2.24, 2.45) is 0 Å². The van der Waals surface area contributed by atoms with Crippen LogP contribution < -0.4 is 10.6 Å². The van der Waals surface area contributed by atoms with Gasteiger partial charge in [0.25, 0.3) is 0 Å². The molecule has 0 spiro atoms. The lowest BCUT2D eigenvalue weighted by Crippen LogP contribution is -2.56. The van der Waals surface area contributed by atoms with E-state index in [0.29, 0.717) is 13.0 Å². The van der Waals surface area contributed by atoms with Crippen LogP contribution >= 0.6 is 16.3 Å². The molecule has 9 N–H and O–H groups in total. The summed E-state index contributed by atoms with van der Waals surface area (Å²) in [4.78, 5) is 68.0. The number of ether oxygens (including phenoxy) is 1.